The first kappa shape index (κ1) is 16.5. The summed E-state index contributed by atoms with van der Waals surface area (Å²) < 4.78 is 10.8. The van der Waals surface area contributed by atoms with Crippen molar-refractivity contribution in [1.29, 1.82) is 0 Å². The van der Waals surface area contributed by atoms with Gasteiger partial charge in [-0.25, -0.2) is 0 Å². The van der Waals surface area contributed by atoms with Crippen molar-refractivity contribution in [1.82, 2.24) is 15.1 Å². The third-order valence-corrected chi connectivity index (χ3v) is 4.06. The number of rotatable bonds is 6. The topological polar surface area (TPSA) is 64.6 Å². The van der Waals surface area contributed by atoms with Gasteiger partial charge in [-0.3, -0.25) is 4.79 Å². The molecule has 0 spiro atoms. The molecular formula is C16H25N3O3. The fourth-order valence-corrected chi connectivity index (χ4v) is 2.48. The average Bonchev–Trinajstić information content (AvgIpc) is 2.55. The minimum atomic E-state index is -0.0164. The Morgan fingerprint density at radius 3 is 2.77 bits per heavy atom. The summed E-state index contributed by atoms with van der Waals surface area (Å²) in [7, 11) is 1.55. The van der Waals surface area contributed by atoms with E-state index in [9.17, 15) is 4.79 Å². The van der Waals surface area contributed by atoms with Gasteiger partial charge < -0.3 is 14.4 Å². The largest absolute Gasteiger partial charge is 0.480 e. The van der Waals surface area contributed by atoms with Gasteiger partial charge >= 0.3 is 0 Å². The van der Waals surface area contributed by atoms with Crippen LogP contribution in [-0.4, -0.2) is 47.3 Å². The van der Waals surface area contributed by atoms with Gasteiger partial charge in [-0.2, -0.15) is 0 Å². The first-order chi connectivity index (χ1) is 10.6. The number of piperidine rings is 1. The van der Waals surface area contributed by atoms with Crippen molar-refractivity contribution >= 4 is 5.91 Å². The molecule has 0 aliphatic carbocycles. The van der Waals surface area contributed by atoms with E-state index in [0.29, 0.717) is 30.6 Å². The fourth-order valence-electron chi connectivity index (χ4n) is 2.48. The molecule has 22 heavy (non-hydrogen) atoms. The summed E-state index contributed by atoms with van der Waals surface area (Å²) in [6.45, 7) is 5.68. The molecule has 1 aliphatic rings. The molecule has 1 aliphatic heterocycles. The second kappa shape index (κ2) is 7.96. The lowest BCUT2D eigenvalue weighted by atomic mass is 10.0. The third-order valence-electron chi connectivity index (χ3n) is 4.06. The van der Waals surface area contributed by atoms with Gasteiger partial charge in [-0.05, 0) is 18.8 Å². The molecule has 1 saturated heterocycles. The van der Waals surface area contributed by atoms with Gasteiger partial charge in [0.05, 0.1) is 13.7 Å². The van der Waals surface area contributed by atoms with Crippen LogP contribution < -0.4 is 9.47 Å². The smallest absolute Gasteiger partial charge is 0.233 e. The van der Waals surface area contributed by atoms with Crippen LogP contribution in [0.3, 0.4) is 0 Å². The molecule has 0 aromatic carbocycles. The number of aromatic nitrogens is 2. The summed E-state index contributed by atoms with van der Waals surface area (Å²) in [6, 6.07) is 3.46. The highest BCUT2D eigenvalue weighted by Gasteiger charge is 2.25. The van der Waals surface area contributed by atoms with E-state index < -0.39 is 0 Å². The van der Waals surface area contributed by atoms with E-state index in [1.54, 1.807) is 19.2 Å². The Morgan fingerprint density at radius 2 is 2.14 bits per heavy atom. The zero-order valence-electron chi connectivity index (χ0n) is 13.6. The molecule has 0 N–H and O–H groups in total. The maximum Gasteiger partial charge on any atom is 0.233 e. The van der Waals surface area contributed by atoms with Crippen LogP contribution in [0, 0.1) is 5.92 Å². The lowest BCUT2D eigenvalue weighted by Crippen LogP contribution is -2.44. The molecule has 6 heteroatoms. The number of nitrogens with zero attached hydrogens (tertiary/aromatic N) is 3. The summed E-state index contributed by atoms with van der Waals surface area (Å²) in [4.78, 5) is 14.2. The fraction of sp³-hybridized carbons (Fsp3) is 0.688. The minimum absolute atomic E-state index is 0.0164. The number of hydrogen-bond donors (Lipinski definition) is 0. The molecular weight excluding hydrogens is 282 g/mol. The van der Waals surface area contributed by atoms with Crippen LogP contribution in [0.2, 0.25) is 0 Å². The quantitative estimate of drug-likeness (QED) is 0.807. The van der Waals surface area contributed by atoms with Gasteiger partial charge in [0.2, 0.25) is 17.7 Å². The number of carbonyl (C=O) groups is 1. The van der Waals surface area contributed by atoms with Crippen LogP contribution in [0.5, 0.6) is 11.8 Å². The van der Waals surface area contributed by atoms with Crippen LogP contribution in [0.1, 0.15) is 39.5 Å². The molecule has 0 radical (unpaired) electrons. The Bertz CT molecular complexity index is 478. The summed E-state index contributed by atoms with van der Waals surface area (Å²) in [6.07, 6.45) is 3.52. The summed E-state index contributed by atoms with van der Waals surface area (Å²) in [5.41, 5.74) is 0. The molecule has 1 aromatic heterocycles. The predicted molar refractivity (Wildman–Crippen MR) is 82.9 cm³/mol. The van der Waals surface area contributed by atoms with Crippen LogP contribution in [0.15, 0.2) is 12.1 Å². The zero-order chi connectivity index (χ0) is 15.9. The maximum atomic E-state index is 12.3. The highest BCUT2D eigenvalue weighted by Crippen LogP contribution is 2.19. The highest BCUT2D eigenvalue weighted by atomic mass is 16.5. The number of amides is 1. The van der Waals surface area contributed by atoms with Crippen LogP contribution >= 0.6 is 0 Å². The first-order valence-electron chi connectivity index (χ1n) is 7.94. The first-order valence-corrected chi connectivity index (χ1v) is 7.94. The van der Waals surface area contributed by atoms with Crippen molar-refractivity contribution < 1.29 is 14.3 Å². The SMILES string of the molecule is CCC(C)CC(=O)N1CCCC(Oc2ccc(OC)nn2)C1. The second-order valence-electron chi connectivity index (χ2n) is 5.85. The van der Waals surface area contributed by atoms with E-state index in [1.807, 2.05) is 4.90 Å². The summed E-state index contributed by atoms with van der Waals surface area (Å²) in [5, 5.41) is 7.86. The molecule has 2 unspecified atom stereocenters. The van der Waals surface area contributed by atoms with Gasteiger partial charge in [0.1, 0.15) is 6.10 Å². The van der Waals surface area contributed by atoms with Gasteiger partial charge in [0.15, 0.2) is 0 Å². The third kappa shape index (κ3) is 4.58. The molecule has 122 valence electrons. The molecule has 1 amide bonds. The zero-order valence-corrected chi connectivity index (χ0v) is 13.6. The summed E-state index contributed by atoms with van der Waals surface area (Å²) in [5.74, 6) is 1.59. The van der Waals surface area contributed by atoms with E-state index in [-0.39, 0.29) is 12.0 Å². The van der Waals surface area contributed by atoms with Crippen LogP contribution in [0.25, 0.3) is 0 Å². The van der Waals surface area contributed by atoms with Crippen molar-refractivity contribution in [3.63, 3.8) is 0 Å². The van der Waals surface area contributed by atoms with E-state index in [4.69, 9.17) is 9.47 Å². The standard InChI is InChI=1S/C16H25N3O3/c1-4-12(2)10-16(20)19-9-5-6-13(11-19)22-15-8-7-14(21-3)17-18-15/h7-8,12-13H,4-6,9-11H2,1-3H3. The Balaban J connectivity index is 1.88. The number of hydrogen-bond acceptors (Lipinski definition) is 5. The Morgan fingerprint density at radius 1 is 1.41 bits per heavy atom. The Labute approximate surface area is 131 Å². The van der Waals surface area contributed by atoms with Gasteiger partial charge in [-0.1, -0.05) is 20.3 Å². The number of ether oxygens (including phenoxy) is 2. The van der Waals surface area contributed by atoms with E-state index >= 15 is 0 Å². The normalized spacial score (nSPS) is 19.6. The predicted octanol–water partition coefficient (Wildman–Crippen LogP) is 2.29. The average molecular weight is 307 g/mol. The molecule has 1 fully saturated rings. The van der Waals surface area contributed by atoms with Crippen molar-refractivity contribution in [2.24, 2.45) is 5.92 Å². The Hall–Kier alpha value is -1.85. The van der Waals surface area contributed by atoms with Crippen LogP contribution in [-0.2, 0) is 4.79 Å². The lowest BCUT2D eigenvalue weighted by Gasteiger charge is -2.33. The van der Waals surface area contributed by atoms with Crippen LogP contribution in [0.4, 0.5) is 0 Å². The maximum absolute atomic E-state index is 12.3. The van der Waals surface area contributed by atoms with Crippen molar-refractivity contribution in [3.05, 3.63) is 12.1 Å². The molecule has 2 atom stereocenters. The monoisotopic (exact) mass is 307 g/mol. The van der Waals surface area contributed by atoms with E-state index in [0.717, 1.165) is 25.8 Å². The van der Waals surface area contributed by atoms with Gasteiger partial charge in [-0.15, -0.1) is 10.2 Å². The summed E-state index contributed by atoms with van der Waals surface area (Å²) >= 11 is 0. The minimum Gasteiger partial charge on any atom is -0.480 e. The molecule has 0 bridgehead atoms. The molecule has 2 rings (SSSR count). The van der Waals surface area contributed by atoms with E-state index in [2.05, 4.69) is 24.0 Å². The van der Waals surface area contributed by atoms with Gasteiger partial charge in [0, 0.05) is 25.1 Å². The molecule has 6 nitrogen and oxygen atoms in total. The molecule has 0 saturated carbocycles. The molecule has 1 aromatic rings. The van der Waals surface area contributed by atoms with Gasteiger partial charge in [0.25, 0.3) is 0 Å². The molecule has 2 heterocycles. The van der Waals surface area contributed by atoms with Crippen molar-refractivity contribution in [2.45, 2.75) is 45.6 Å². The number of likely N-dealkylation sites (tertiary alicyclic amines) is 1. The number of carbonyl (C=O) groups excluding carboxylic acids is 1. The van der Waals surface area contributed by atoms with Crippen molar-refractivity contribution in [2.75, 3.05) is 20.2 Å². The lowest BCUT2D eigenvalue weighted by molar-refractivity contribution is -0.134. The second-order valence-corrected chi connectivity index (χ2v) is 5.85. The highest BCUT2D eigenvalue weighted by molar-refractivity contribution is 5.76. The Kier molecular flexibility index (Phi) is 5.98. The number of methoxy groups -OCH3 is 1. The van der Waals surface area contributed by atoms with Crippen molar-refractivity contribution in [3.8, 4) is 11.8 Å². The van der Waals surface area contributed by atoms with E-state index in [1.165, 1.54) is 0 Å².